The second-order valence-electron chi connectivity index (χ2n) is 1.40. The van der Waals surface area contributed by atoms with Gasteiger partial charge in [-0.25, -0.2) is 4.79 Å². The molecule has 0 unspecified atom stereocenters. The van der Waals surface area contributed by atoms with Gasteiger partial charge in [-0.05, 0) is 0 Å². The lowest BCUT2D eigenvalue weighted by atomic mass is 10.7. The van der Waals surface area contributed by atoms with Crippen LogP contribution in [0, 0.1) is 11.3 Å². The topological polar surface area (TPSA) is 87.4 Å². The number of esters is 1. The maximum Gasteiger partial charge on any atom is 0.341 e. The highest BCUT2D eigenvalue weighted by Crippen LogP contribution is 1.73. The Morgan fingerprint density at radius 1 is 1.64 bits per heavy atom. The van der Waals surface area contributed by atoms with Crippen LogP contribution >= 0.6 is 0 Å². The molecule has 0 rings (SSSR count). The number of carbonyl (C=O) groups excluding carboxylic acids is 1. The van der Waals surface area contributed by atoms with Gasteiger partial charge < -0.3 is 9.84 Å². The zero-order valence-electron chi connectivity index (χ0n) is 6.33. The molecule has 0 fully saturated rings. The van der Waals surface area contributed by atoms with Crippen molar-refractivity contribution in [1.29, 1.82) is 5.26 Å². The van der Waals surface area contributed by atoms with Gasteiger partial charge in [-0.3, -0.25) is 4.79 Å². The third-order valence-electron chi connectivity index (χ3n) is 0.399. The molecular formula is C6H9NO4. The highest BCUT2D eigenvalue weighted by Gasteiger charge is 1.97. The minimum atomic E-state index is -1.14. The summed E-state index contributed by atoms with van der Waals surface area (Å²) in [5.74, 6) is -1.72. The molecule has 0 amide bonds. The maximum absolute atomic E-state index is 9.86. The zero-order chi connectivity index (χ0) is 9.28. The van der Waals surface area contributed by atoms with E-state index in [0.29, 0.717) is 0 Å². The molecule has 0 aromatic rings. The van der Waals surface area contributed by atoms with Gasteiger partial charge in [0, 0.05) is 13.8 Å². The highest BCUT2D eigenvalue weighted by atomic mass is 16.5. The van der Waals surface area contributed by atoms with Gasteiger partial charge in [0.2, 0.25) is 0 Å². The van der Waals surface area contributed by atoms with E-state index < -0.39 is 18.5 Å². The number of hydrogen-bond acceptors (Lipinski definition) is 4. The molecule has 62 valence electrons. The summed E-state index contributed by atoms with van der Waals surface area (Å²) in [7, 11) is 0. The van der Waals surface area contributed by atoms with E-state index in [4.69, 9.17) is 10.4 Å². The van der Waals surface area contributed by atoms with Crippen molar-refractivity contribution in [2.24, 2.45) is 0 Å². The van der Waals surface area contributed by atoms with Crippen molar-refractivity contribution >= 4 is 11.9 Å². The summed E-state index contributed by atoms with van der Waals surface area (Å²) in [5.41, 5.74) is 0. The normalized spacial score (nSPS) is 6.64. The molecule has 0 aromatic carbocycles. The van der Waals surface area contributed by atoms with E-state index in [1.807, 2.05) is 0 Å². The second-order valence-corrected chi connectivity index (χ2v) is 1.40. The average Bonchev–Trinajstić information content (AvgIpc) is 1.85. The summed E-state index contributed by atoms with van der Waals surface area (Å²) in [4.78, 5) is 19.5. The Kier molecular flexibility index (Phi) is 9.30. The fourth-order valence-corrected chi connectivity index (χ4v) is 0.163. The lowest BCUT2D eigenvalue weighted by Gasteiger charge is -1.92. The van der Waals surface area contributed by atoms with Crippen LogP contribution in [0.3, 0.4) is 0 Å². The minimum absolute atomic E-state index is 0.546. The van der Waals surface area contributed by atoms with Gasteiger partial charge >= 0.3 is 11.9 Å². The zero-order valence-corrected chi connectivity index (χ0v) is 6.33. The molecule has 0 aliphatic rings. The van der Waals surface area contributed by atoms with Crippen molar-refractivity contribution in [2.75, 3.05) is 6.61 Å². The van der Waals surface area contributed by atoms with E-state index in [1.165, 1.54) is 6.92 Å². The number of rotatable bonds is 2. The molecule has 0 radical (unpaired) electrons. The predicted octanol–water partition coefficient (Wildman–Crippen LogP) is 0.164. The molecule has 0 spiro atoms. The minimum Gasteiger partial charge on any atom is -0.479 e. The summed E-state index contributed by atoms with van der Waals surface area (Å²) in [6.07, 6.45) is 0. The van der Waals surface area contributed by atoms with Gasteiger partial charge in [0.15, 0.2) is 6.61 Å². The molecule has 5 nitrogen and oxygen atoms in total. The maximum atomic E-state index is 9.86. The fourth-order valence-electron chi connectivity index (χ4n) is 0.163. The number of carboxylic acid groups (broad SMARTS) is 1. The molecule has 5 heteroatoms. The number of carboxylic acids is 1. The van der Waals surface area contributed by atoms with Crippen LogP contribution in [0.1, 0.15) is 13.8 Å². The number of nitrogens with zero attached hydrogens (tertiary/aromatic N) is 1. The van der Waals surface area contributed by atoms with Gasteiger partial charge in [-0.1, -0.05) is 0 Å². The van der Waals surface area contributed by atoms with Crippen LogP contribution in [0.2, 0.25) is 0 Å². The third kappa shape index (κ3) is 29.6. The largest absolute Gasteiger partial charge is 0.479 e. The van der Waals surface area contributed by atoms with Gasteiger partial charge in [0.05, 0.1) is 6.07 Å². The van der Waals surface area contributed by atoms with Crippen molar-refractivity contribution in [3.8, 4) is 6.07 Å². The molecule has 0 bridgehead atoms. The Morgan fingerprint density at radius 3 is 2.09 bits per heavy atom. The van der Waals surface area contributed by atoms with E-state index in [-0.39, 0.29) is 0 Å². The molecule has 0 aliphatic heterocycles. The predicted molar refractivity (Wildman–Crippen MR) is 35.6 cm³/mol. The van der Waals surface area contributed by atoms with E-state index in [1.54, 1.807) is 6.07 Å². The number of aliphatic carboxylic acids is 1. The first-order valence-corrected chi connectivity index (χ1v) is 2.70. The standard InChI is InChI=1S/C4H6O4.C2H3N/c1-3(5)8-2-4(6)7;1-2-3/h2H2,1H3,(H,6,7);1H3. The van der Waals surface area contributed by atoms with Gasteiger partial charge in [-0.2, -0.15) is 5.26 Å². The number of hydrogen-bond donors (Lipinski definition) is 1. The SMILES string of the molecule is CC#N.CC(=O)OCC(=O)O. The van der Waals surface area contributed by atoms with E-state index >= 15 is 0 Å². The Morgan fingerprint density at radius 2 is 2.00 bits per heavy atom. The molecule has 0 atom stereocenters. The smallest absolute Gasteiger partial charge is 0.341 e. The van der Waals surface area contributed by atoms with Crippen LogP contribution in [0.5, 0.6) is 0 Å². The summed E-state index contributed by atoms with van der Waals surface area (Å²) in [6.45, 7) is 2.04. The van der Waals surface area contributed by atoms with Crippen LogP contribution in [0.15, 0.2) is 0 Å². The van der Waals surface area contributed by atoms with Crippen LogP contribution in [0.25, 0.3) is 0 Å². The van der Waals surface area contributed by atoms with Crippen molar-refractivity contribution in [3.05, 3.63) is 0 Å². The summed E-state index contributed by atoms with van der Waals surface area (Å²) in [5, 5.41) is 15.2. The van der Waals surface area contributed by atoms with Gasteiger partial charge in [0.25, 0.3) is 0 Å². The highest BCUT2D eigenvalue weighted by molar-refractivity contribution is 5.73. The van der Waals surface area contributed by atoms with Crippen LogP contribution in [-0.2, 0) is 14.3 Å². The Labute approximate surface area is 64.2 Å². The van der Waals surface area contributed by atoms with Crippen LogP contribution < -0.4 is 0 Å². The van der Waals surface area contributed by atoms with Crippen molar-refractivity contribution in [2.45, 2.75) is 13.8 Å². The monoisotopic (exact) mass is 159 g/mol. The molecule has 11 heavy (non-hydrogen) atoms. The quantitative estimate of drug-likeness (QED) is 0.580. The Bertz CT molecular complexity index is 156. The van der Waals surface area contributed by atoms with E-state index in [2.05, 4.69) is 4.74 Å². The van der Waals surface area contributed by atoms with Gasteiger partial charge in [0.1, 0.15) is 0 Å². The molecule has 0 saturated carbocycles. The third-order valence-corrected chi connectivity index (χ3v) is 0.399. The van der Waals surface area contributed by atoms with Crippen molar-refractivity contribution in [3.63, 3.8) is 0 Å². The van der Waals surface area contributed by atoms with Crippen LogP contribution in [-0.4, -0.2) is 23.7 Å². The molecule has 0 heterocycles. The molecule has 0 aromatic heterocycles. The fraction of sp³-hybridized carbons (Fsp3) is 0.500. The van der Waals surface area contributed by atoms with Crippen molar-refractivity contribution in [1.82, 2.24) is 0 Å². The van der Waals surface area contributed by atoms with Gasteiger partial charge in [-0.15, -0.1) is 0 Å². The average molecular weight is 159 g/mol. The summed E-state index contributed by atoms with van der Waals surface area (Å²) < 4.78 is 4.06. The number of ether oxygens (including phenoxy) is 1. The Hall–Kier alpha value is -1.57. The number of carbonyl (C=O) groups is 2. The Balaban J connectivity index is 0. The second kappa shape index (κ2) is 8.43. The van der Waals surface area contributed by atoms with Crippen molar-refractivity contribution < 1.29 is 19.4 Å². The van der Waals surface area contributed by atoms with E-state index in [0.717, 1.165) is 6.92 Å². The molecule has 0 saturated heterocycles. The number of nitriles is 1. The van der Waals surface area contributed by atoms with Crippen LogP contribution in [0.4, 0.5) is 0 Å². The molecule has 1 N–H and O–H groups in total. The summed E-state index contributed by atoms with van der Waals surface area (Å²) >= 11 is 0. The van der Waals surface area contributed by atoms with E-state index in [9.17, 15) is 9.59 Å². The lowest BCUT2D eigenvalue weighted by Crippen LogP contribution is -2.09. The first kappa shape index (κ1) is 12.1. The summed E-state index contributed by atoms with van der Waals surface area (Å²) in [6, 6.07) is 1.75. The first-order chi connectivity index (χ1) is 5.04. The molecular weight excluding hydrogens is 150 g/mol. The first-order valence-electron chi connectivity index (χ1n) is 2.70. The lowest BCUT2D eigenvalue weighted by molar-refractivity contribution is -0.153. The molecule has 0 aliphatic carbocycles.